The molecule has 0 saturated carbocycles. The highest BCUT2D eigenvalue weighted by atomic mass is 35.5. The molecule has 3 aromatic rings. The molecule has 0 aliphatic rings. The van der Waals surface area contributed by atoms with Gasteiger partial charge in [-0.15, -0.1) is 0 Å². The summed E-state index contributed by atoms with van der Waals surface area (Å²) in [5, 5.41) is 4.69. The topological polar surface area (TPSA) is 79.8 Å². The van der Waals surface area contributed by atoms with E-state index in [4.69, 9.17) is 23.2 Å². The highest BCUT2D eigenvalue weighted by Crippen LogP contribution is 2.29. The molecule has 0 saturated heterocycles. The molecule has 6 nitrogen and oxygen atoms in total. The van der Waals surface area contributed by atoms with Crippen molar-refractivity contribution in [2.24, 2.45) is 0 Å². The van der Waals surface area contributed by atoms with Gasteiger partial charge in [0.15, 0.2) is 5.15 Å². The van der Waals surface area contributed by atoms with Gasteiger partial charge in [-0.05, 0) is 18.2 Å². The van der Waals surface area contributed by atoms with Crippen molar-refractivity contribution in [3.8, 4) is 0 Å². The third-order valence-electron chi connectivity index (χ3n) is 3.47. The Bertz CT molecular complexity index is 1020. The Morgan fingerprint density at radius 3 is 2.80 bits per heavy atom. The summed E-state index contributed by atoms with van der Waals surface area (Å²) in [6.45, 7) is -0.121. The second kappa shape index (κ2) is 6.81. The number of rotatable bonds is 6. The Balaban J connectivity index is 1.89. The minimum absolute atomic E-state index is 0.00978. The molecule has 0 aliphatic heterocycles. The Morgan fingerprint density at radius 2 is 2.08 bits per heavy atom. The lowest BCUT2D eigenvalue weighted by Gasteiger charge is -2.07. The lowest BCUT2D eigenvalue weighted by Crippen LogP contribution is -2.12. The fourth-order valence-electron chi connectivity index (χ4n) is 2.31. The molecule has 3 rings (SSSR count). The van der Waals surface area contributed by atoms with Gasteiger partial charge in [-0.25, -0.2) is 17.2 Å². The quantitative estimate of drug-likeness (QED) is 0.643. The number of fused-ring (bicyclic) bond motifs is 1. The Labute approximate surface area is 151 Å². The normalized spacial score (nSPS) is 12.2. The number of aromatic amines is 1. The maximum atomic E-state index is 12.6. The van der Waals surface area contributed by atoms with Crippen LogP contribution in [0.3, 0.4) is 0 Å². The van der Waals surface area contributed by atoms with Crippen LogP contribution < -0.4 is 4.72 Å². The van der Waals surface area contributed by atoms with E-state index in [2.05, 4.69) is 14.8 Å². The molecule has 1 aromatic carbocycles. The smallest absolute Gasteiger partial charge is 0.264 e. The van der Waals surface area contributed by atoms with Crippen LogP contribution in [0.1, 0.15) is 6.42 Å². The fraction of sp³-hybridized carbons (Fsp3) is 0.214. The first-order valence-electron chi connectivity index (χ1n) is 7.07. The molecule has 0 aliphatic carbocycles. The summed E-state index contributed by atoms with van der Waals surface area (Å²) < 4.78 is 53.2. The van der Waals surface area contributed by atoms with Gasteiger partial charge in [-0.1, -0.05) is 23.2 Å². The molecule has 2 aromatic heterocycles. The second-order valence-corrected chi connectivity index (χ2v) is 7.65. The number of benzene rings is 1. The molecule has 0 amide bonds. The van der Waals surface area contributed by atoms with Crippen LogP contribution in [0.2, 0.25) is 10.2 Å². The average Bonchev–Trinajstić information content (AvgIpc) is 3.10. The zero-order chi connectivity index (χ0) is 18.2. The number of aromatic nitrogens is 3. The van der Waals surface area contributed by atoms with Gasteiger partial charge >= 0.3 is 0 Å². The van der Waals surface area contributed by atoms with Crippen LogP contribution in [0.15, 0.2) is 35.5 Å². The largest absolute Gasteiger partial charge is 0.360 e. The van der Waals surface area contributed by atoms with Crippen molar-refractivity contribution in [2.75, 3.05) is 4.72 Å². The summed E-state index contributed by atoms with van der Waals surface area (Å²) in [6.07, 6.45) is -0.426. The number of hydrogen-bond donors (Lipinski definition) is 2. The van der Waals surface area contributed by atoms with E-state index >= 15 is 0 Å². The van der Waals surface area contributed by atoms with E-state index in [1.165, 1.54) is 12.4 Å². The summed E-state index contributed by atoms with van der Waals surface area (Å²) in [6, 6.07) is 4.76. The van der Waals surface area contributed by atoms with Gasteiger partial charge in [0, 0.05) is 35.1 Å². The highest BCUT2D eigenvalue weighted by Gasteiger charge is 2.22. The van der Waals surface area contributed by atoms with Gasteiger partial charge in [0.25, 0.3) is 10.0 Å². The number of anilines is 1. The molecule has 0 radical (unpaired) electrons. The summed E-state index contributed by atoms with van der Waals surface area (Å²) >= 11 is 11.9. The summed E-state index contributed by atoms with van der Waals surface area (Å²) in [5.41, 5.74) is 0.575. The molecule has 0 atom stereocenters. The number of hydrogen-bond acceptors (Lipinski definition) is 3. The van der Waals surface area contributed by atoms with E-state index in [1.54, 1.807) is 18.2 Å². The number of nitrogens with zero attached hydrogens (tertiary/aromatic N) is 2. The van der Waals surface area contributed by atoms with Crippen LogP contribution in [0.4, 0.5) is 14.5 Å². The van der Waals surface area contributed by atoms with Crippen LogP contribution in [0.5, 0.6) is 0 Å². The predicted molar refractivity (Wildman–Crippen MR) is 92.0 cm³/mol. The standard InChI is InChI=1S/C14H12Cl2F2N4O2S/c15-8-1-2-9-10(5-8)19-7-12(9)25(23,24)21-11-6-20-22(14(11)16)4-3-13(17)18/h1-2,5-7,13,19,21H,3-4H2. The zero-order valence-electron chi connectivity index (χ0n) is 12.5. The van der Waals surface area contributed by atoms with Crippen molar-refractivity contribution in [3.63, 3.8) is 0 Å². The van der Waals surface area contributed by atoms with Crippen LogP contribution in [0.25, 0.3) is 10.9 Å². The first-order chi connectivity index (χ1) is 11.8. The monoisotopic (exact) mass is 408 g/mol. The Kier molecular flexibility index (Phi) is 4.90. The SMILES string of the molecule is O=S(=O)(Nc1cnn(CCC(F)F)c1Cl)c1c[nH]c2cc(Cl)ccc12. The number of nitrogens with one attached hydrogen (secondary N) is 2. The third kappa shape index (κ3) is 3.73. The van der Waals surface area contributed by atoms with E-state index in [1.807, 2.05) is 0 Å². The minimum Gasteiger partial charge on any atom is -0.360 e. The van der Waals surface area contributed by atoms with Gasteiger partial charge in [0.1, 0.15) is 10.6 Å². The molecule has 0 spiro atoms. The molecule has 11 heteroatoms. The van der Waals surface area contributed by atoms with Gasteiger partial charge in [-0.3, -0.25) is 9.40 Å². The lowest BCUT2D eigenvalue weighted by atomic mass is 10.2. The van der Waals surface area contributed by atoms with Crippen LogP contribution in [-0.2, 0) is 16.6 Å². The van der Waals surface area contributed by atoms with Gasteiger partial charge in [-0.2, -0.15) is 5.10 Å². The average molecular weight is 409 g/mol. The summed E-state index contributed by atoms with van der Waals surface area (Å²) in [5.74, 6) is 0. The molecular weight excluding hydrogens is 397 g/mol. The molecule has 134 valence electrons. The van der Waals surface area contributed by atoms with Crippen LogP contribution >= 0.6 is 23.2 Å². The summed E-state index contributed by atoms with van der Waals surface area (Å²) in [4.78, 5) is 2.84. The van der Waals surface area contributed by atoms with Crippen molar-refractivity contribution in [3.05, 3.63) is 40.8 Å². The number of alkyl halides is 2. The maximum Gasteiger partial charge on any atom is 0.264 e. The molecule has 0 unspecified atom stereocenters. The van der Waals surface area contributed by atoms with Crippen LogP contribution in [-0.4, -0.2) is 29.6 Å². The van der Waals surface area contributed by atoms with E-state index in [0.717, 1.165) is 4.68 Å². The molecule has 0 fully saturated rings. The molecular formula is C14H12Cl2F2N4O2S. The van der Waals surface area contributed by atoms with Crippen molar-refractivity contribution < 1.29 is 17.2 Å². The zero-order valence-corrected chi connectivity index (χ0v) is 14.8. The van der Waals surface area contributed by atoms with Crippen molar-refractivity contribution in [1.29, 1.82) is 0 Å². The molecule has 25 heavy (non-hydrogen) atoms. The van der Waals surface area contributed by atoms with E-state index in [-0.39, 0.29) is 22.3 Å². The molecule has 2 N–H and O–H groups in total. The molecule has 0 bridgehead atoms. The minimum atomic E-state index is -3.96. The van der Waals surface area contributed by atoms with Crippen molar-refractivity contribution in [1.82, 2.24) is 14.8 Å². The van der Waals surface area contributed by atoms with Crippen molar-refractivity contribution >= 4 is 49.8 Å². The number of sulfonamides is 1. The van der Waals surface area contributed by atoms with Gasteiger partial charge in [0.2, 0.25) is 6.43 Å². The molecule has 2 heterocycles. The van der Waals surface area contributed by atoms with E-state index < -0.39 is 22.9 Å². The second-order valence-electron chi connectivity index (χ2n) is 5.20. The highest BCUT2D eigenvalue weighted by molar-refractivity contribution is 7.93. The van der Waals surface area contributed by atoms with E-state index in [9.17, 15) is 17.2 Å². The predicted octanol–water partition coefficient (Wildman–Crippen LogP) is 4.13. The van der Waals surface area contributed by atoms with Gasteiger partial charge < -0.3 is 4.98 Å². The first-order valence-corrected chi connectivity index (χ1v) is 9.31. The van der Waals surface area contributed by atoms with Crippen LogP contribution in [0, 0.1) is 0 Å². The fourth-order valence-corrected chi connectivity index (χ4v) is 3.99. The maximum absolute atomic E-state index is 12.6. The van der Waals surface area contributed by atoms with Crippen molar-refractivity contribution in [2.45, 2.75) is 24.3 Å². The first kappa shape index (κ1) is 18.0. The van der Waals surface area contributed by atoms with Gasteiger partial charge in [0.05, 0.1) is 6.20 Å². The number of halogens is 4. The number of H-pyrrole nitrogens is 1. The lowest BCUT2D eigenvalue weighted by molar-refractivity contribution is 0.130. The van der Waals surface area contributed by atoms with E-state index in [0.29, 0.717) is 15.9 Å². The Hall–Kier alpha value is -1.84. The third-order valence-corrected chi connectivity index (χ3v) is 5.51. The Morgan fingerprint density at radius 1 is 1.32 bits per heavy atom. The number of aryl methyl sites for hydroxylation is 1. The summed E-state index contributed by atoms with van der Waals surface area (Å²) in [7, 11) is -3.96.